The van der Waals surface area contributed by atoms with Crippen molar-refractivity contribution < 1.29 is 4.74 Å². The predicted molar refractivity (Wildman–Crippen MR) is 71.8 cm³/mol. The number of aromatic nitrogens is 2. The Morgan fingerprint density at radius 2 is 2.17 bits per heavy atom. The summed E-state index contributed by atoms with van der Waals surface area (Å²) in [6.45, 7) is 2.08. The minimum atomic E-state index is 0.0426. The van der Waals surface area contributed by atoms with Crippen molar-refractivity contribution in [3.8, 4) is 5.75 Å². The zero-order chi connectivity index (χ0) is 13.1. The summed E-state index contributed by atoms with van der Waals surface area (Å²) in [6.07, 6.45) is 3.82. The molecule has 96 valence electrons. The van der Waals surface area contributed by atoms with E-state index in [1.165, 1.54) is 5.56 Å². The number of nitrogens with zero attached hydrogens (tertiary/aromatic N) is 2. The highest BCUT2D eigenvalue weighted by molar-refractivity contribution is 5.42. The number of benzene rings is 1. The van der Waals surface area contributed by atoms with Crippen molar-refractivity contribution in [1.29, 1.82) is 0 Å². The topological polar surface area (TPSA) is 39.1 Å². The quantitative estimate of drug-likeness (QED) is 0.896. The Balaban J connectivity index is 2.47. The molecule has 1 aromatic carbocycles. The molecule has 0 saturated carbocycles. The van der Waals surface area contributed by atoms with Gasteiger partial charge in [-0.05, 0) is 20.0 Å². The predicted octanol–water partition coefficient (Wildman–Crippen LogP) is 2.05. The third kappa shape index (κ3) is 2.38. The van der Waals surface area contributed by atoms with Crippen molar-refractivity contribution in [2.45, 2.75) is 13.0 Å². The fraction of sp³-hybridized carbons (Fsp3) is 0.357. The van der Waals surface area contributed by atoms with Crippen LogP contribution in [0.2, 0.25) is 0 Å². The van der Waals surface area contributed by atoms with E-state index in [0.29, 0.717) is 0 Å². The van der Waals surface area contributed by atoms with Gasteiger partial charge in [0, 0.05) is 18.8 Å². The van der Waals surface area contributed by atoms with Crippen molar-refractivity contribution in [3.63, 3.8) is 0 Å². The number of aryl methyl sites for hydroxylation is 2. The molecular weight excluding hydrogens is 226 g/mol. The van der Waals surface area contributed by atoms with Gasteiger partial charge >= 0.3 is 0 Å². The van der Waals surface area contributed by atoms with Crippen molar-refractivity contribution >= 4 is 0 Å². The van der Waals surface area contributed by atoms with Gasteiger partial charge in [-0.3, -0.25) is 0 Å². The molecule has 18 heavy (non-hydrogen) atoms. The van der Waals surface area contributed by atoms with E-state index in [9.17, 15) is 0 Å². The largest absolute Gasteiger partial charge is 0.496 e. The van der Waals surface area contributed by atoms with Gasteiger partial charge in [0.1, 0.15) is 5.75 Å². The lowest BCUT2D eigenvalue weighted by Gasteiger charge is -2.18. The molecule has 1 atom stereocenters. The smallest absolute Gasteiger partial charge is 0.124 e. The Kier molecular flexibility index (Phi) is 3.67. The maximum Gasteiger partial charge on any atom is 0.124 e. The van der Waals surface area contributed by atoms with Crippen LogP contribution in [0.5, 0.6) is 5.75 Å². The first-order valence-electron chi connectivity index (χ1n) is 5.95. The normalized spacial score (nSPS) is 12.4. The minimum Gasteiger partial charge on any atom is -0.496 e. The van der Waals surface area contributed by atoms with Crippen LogP contribution in [0, 0.1) is 6.92 Å². The molecule has 1 unspecified atom stereocenters. The molecule has 0 spiro atoms. The fourth-order valence-electron chi connectivity index (χ4n) is 2.12. The van der Waals surface area contributed by atoms with Gasteiger partial charge in [0.15, 0.2) is 0 Å². The standard InChI is InChI=1S/C14H19N3O/c1-10-5-6-13(18-4)11(7-10)14(15-2)12-8-17(3)9-16-12/h5-9,14-15H,1-4H3. The fourth-order valence-corrected chi connectivity index (χ4v) is 2.12. The number of imidazole rings is 1. The molecule has 0 bridgehead atoms. The molecule has 1 N–H and O–H groups in total. The first-order chi connectivity index (χ1) is 8.65. The molecule has 0 aliphatic heterocycles. The molecule has 0 aliphatic carbocycles. The van der Waals surface area contributed by atoms with Crippen molar-refractivity contribution in [2.75, 3.05) is 14.2 Å². The Hall–Kier alpha value is -1.81. The summed E-state index contributed by atoms with van der Waals surface area (Å²) in [7, 11) is 5.59. The van der Waals surface area contributed by atoms with Gasteiger partial charge in [-0.1, -0.05) is 17.7 Å². The van der Waals surface area contributed by atoms with Crippen LogP contribution in [-0.2, 0) is 7.05 Å². The average molecular weight is 245 g/mol. The third-order valence-electron chi connectivity index (χ3n) is 3.01. The highest BCUT2D eigenvalue weighted by Gasteiger charge is 2.18. The number of hydrogen-bond acceptors (Lipinski definition) is 3. The van der Waals surface area contributed by atoms with Crippen LogP contribution in [0.1, 0.15) is 22.9 Å². The van der Waals surface area contributed by atoms with Crippen LogP contribution in [0.15, 0.2) is 30.7 Å². The van der Waals surface area contributed by atoms with E-state index in [1.807, 2.05) is 43.3 Å². The molecule has 0 saturated heterocycles. The molecule has 0 amide bonds. The van der Waals surface area contributed by atoms with Gasteiger partial charge in [0.2, 0.25) is 0 Å². The Morgan fingerprint density at radius 3 is 2.72 bits per heavy atom. The summed E-state index contributed by atoms with van der Waals surface area (Å²) in [4.78, 5) is 4.41. The molecule has 4 nitrogen and oxygen atoms in total. The maximum atomic E-state index is 5.44. The SMILES string of the molecule is CNC(c1cn(C)cn1)c1cc(C)ccc1OC. The number of hydrogen-bond donors (Lipinski definition) is 1. The summed E-state index contributed by atoms with van der Waals surface area (Å²) in [6, 6.07) is 6.22. The summed E-state index contributed by atoms with van der Waals surface area (Å²) in [5, 5.41) is 3.29. The van der Waals surface area contributed by atoms with Crippen LogP contribution in [0.25, 0.3) is 0 Å². The second-order valence-corrected chi connectivity index (χ2v) is 4.43. The van der Waals surface area contributed by atoms with Gasteiger partial charge in [-0.2, -0.15) is 0 Å². The number of methoxy groups -OCH3 is 1. The first kappa shape index (κ1) is 12.6. The Morgan fingerprint density at radius 1 is 1.39 bits per heavy atom. The lowest BCUT2D eigenvalue weighted by Crippen LogP contribution is -2.19. The summed E-state index contributed by atoms with van der Waals surface area (Å²) >= 11 is 0. The number of ether oxygens (including phenoxy) is 1. The molecule has 4 heteroatoms. The lowest BCUT2D eigenvalue weighted by molar-refractivity contribution is 0.405. The summed E-state index contributed by atoms with van der Waals surface area (Å²) in [5.74, 6) is 0.880. The monoisotopic (exact) mass is 245 g/mol. The maximum absolute atomic E-state index is 5.44. The molecule has 0 radical (unpaired) electrons. The van der Waals surface area contributed by atoms with E-state index >= 15 is 0 Å². The van der Waals surface area contributed by atoms with Crippen LogP contribution in [-0.4, -0.2) is 23.7 Å². The van der Waals surface area contributed by atoms with Gasteiger partial charge in [0.05, 0.1) is 25.2 Å². The summed E-state index contributed by atoms with van der Waals surface area (Å²) < 4.78 is 7.38. The van der Waals surface area contributed by atoms with E-state index < -0.39 is 0 Å². The molecule has 0 fully saturated rings. The van der Waals surface area contributed by atoms with Crippen LogP contribution in [0.3, 0.4) is 0 Å². The van der Waals surface area contributed by atoms with Crippen LogP contribution < -0.4 is 10.1 Å². The van der Waals surface area contributed by atoms with Gasteiger partial charge in [-0.25, -0.2) is 4.98 Å². The lowest BCUT2D eigenvalue weighted by atomic mass is 10.0. The second kappa shape index (κ2) is 5.23. The molecule has 2 aromatic rings. The molecular formula is C14H19N3O. The number of nitrogens with one attached hydrogen (secondary N) is 1. The van der Waals surface area contributed by atoms with Gasteiger partial charge in [0.25, 0.3) is 0 Å². The van der Waals surface area contributed by atoms with Crippen LogP contribution in [0.4, 0.5) is 0 Å². The van der Waals surface area contributed by atoms with E-state index in [2.05, 4.69) is 23.3 Å². The minimum absolute atomic E-state index is 0.0426. The van der Waals surface area contributed by atoms with E-state index in [0.717, 1.165) is 17.0 Å². The van der Waals surface area contributed by atoms with Gasteiger partial charge < -0.3 is 14.6 Å². The zero-order valence-electron chi connectivity index (χ0n) is 11.3. The molecule has 1 heterocycles. The van der Waals surface area contributed by atoms with Crippen molar-refractivity contribution in [1.82, 2.24) is 14.9 Å². The van der Waals surface area contributed by atoms with Gasteiger partial charge in [-0.15, -0.1) is 0 Å². The molecule has 0 aliphatic rings. The van der Waals surface area contributed by atoms with Crippen LogP contribution >= 0.6 is 0 Å². The molecule has 2 rings (SSSR count). The third-order valence-corrected chi connectivity index (χ3v) is 3.01. The summed E-state index contributed by atoms with van der Waals surface area (Å²) in [5.41, 5.74) is 3.31. The Labute approximate surface area is 108 Å². The Bertz CT molecular complexity index is 534. The van der Waals surface area contributed by atoms with E-state index in [1.54, 1.807) is 7.11 Å². The van der Waals surface area contributed by atoms with E-state index in [4.69, 9.17) is 4.74 Å². The highest BCUT2D eigenvalue weighted by Crippen LogP contribution is 2.29. The first-order valence-corrected chi connectivity index (χ1v) is 5.95. The highest BCUT2D eigenvalue weighted by atomic mass is 16.5. The average Bonchev–Trinajstić information content (AvgIpc) is 2.77. The van der Waals surface area contributed by atoms with Crippen molar-refractivity contribution in [2.24, 2.45) is 7.05 Å². The second-order valence-electron chi connectivity index (χ2n) is 4.43. The van der Waals surface area contributed by atoms with Crippen molar-refractivity contribution in [3.05, 3.63) is 47.5 Å². The van der Waals surface area contributed by atoms with E-state index in [-0.39, 0.29) is 6.04 Å². The molecule has 1 aromatic heterocycles. The number of rotatable bonds is 4. The zero-order valence-corrected chi connectivity index (χ0v) is 11.3.